The van der Waals surface area contributed by atoms with E-state index in [-0.39, 0.29) is 11.9 Å². The predicted octanol–water partition coefficient (Wildman–Crippen LogP) is 1.82. The molecule has 1 rings (SSSR count). The molecule has 0 aliphatic rings. The maximum Gasteiger partial charge on any atom is 0.264 e. The van der Waals surface area contributed by atoms with Crippen LogP contribution in [0.25, 0.3) is 0 Å². The minimum atomic E-state index is -0.719. The predicted molar refractivity (Wildman–Crippen MR) is 77.2 cm³/mol. The number of carbonyl (C=O) groups is 1. The summed E-state index contributed by atoms with van der Waals surface area (Å²) in [5.41, 5.74) is 0.790. The van der Waals surface area contributed by atoms with Crippen molar-refractivity contribution in [1.82, 2.24) is 4.90 Å². The lowest BCUT2D eigenvalue weighted by atomic mass is 10.0. The first-order valence-corrected chi connectivity index (χ1v) is 6.18. The summed E-state index contributed by atoms with van der Waals surface area (Å²) in [5, 5.41) is 10.2. The third-order valence-corrected chi connectivity index (χ3v) is 2.99. The number of aliphatic hydroxyl groups excluding tert-OH is 1. The van der Waals surface area contributed by atoms with Gasteiger partial charge in [0.2, 0.25) is 0 Å². The molecular weight excluding hydrogens is 240 g/mol. The van der Waals surface area contributed by atoms with Crippen LogP contribution in [0.1, 0.15) is 18.6 Å². The highest BCUT2D eigenvalue weighted by molar-refractivity contribution is 6.26. The number of amides is 1. The van der Waals surface area contributed by atoms with Crippen LogP contribution >= 0.6 is 0 Å². The van der Waals surface area contributed by atoms with E-state index in [1.807, 2.05) is 30.3 Å². The molecule has 0 aliphatic heterocycles. The number of aliphatic imine (C=N–C) groups is 1. The highest BCUT2D eigenvalue weighted by Crippen LogP contribution is 2.19. The number of carbonyl (C=O) groups excluding carboxylic acids is 1. The average molecular weight is 260 g/mol. The molecule has 0 spiro atoms. The maximum atomic E-state index is 11.8. The molecule has 1 N–H and O–H groups in total. The third-order valence-electron chi connectivity index (χ3n) is 2.99. The molecule has 0 bridgehead atoms. The Labute approximate surface area is 114 Å². The first-order valence-electron chi connectivity index (χ1n) is 6.18. The van der Waals surface area contributed by atoms with E-state index >= 15 is 0 Å². The fourth-order valence-electron chi connectivity index (χ4n) is 1.64. The monoisotopic (exact) mass is 260 g/mol. The van der Waals surface area contributed by atoms with E-state index in [4.69, 9.17) is 0 Å². The van der Waals surface area contributed by atoms with E-state index < -0.39 is 6.10 Å². The molecule has 0 unspecified atom stereocenters. The highest BCUT2D eigenvalue weighted by atomic mass is 16.3. The van der Waals surface area contributed by atoms with Crippen LogP contribution < -0.4 is 0 Å². The van der Waals surface area contributed by atoms with Crippen molar-refractivity contribution in [1.29, 1.82) is 0 Å². The number of hydrogen-bond donors (Lipinski definition) is 1. The van der Waals surface area contributed by atoms with E-state index in [1.54, 1.807) is 20.0 Å². The van der Waals surface area contributed by atoms with E-state index in [1.165, 1.54) is 11.1 Å². The van der Waals surface area contributed by atoms with Crippen LogP contribution in [0.4, 0.5) is 0 Å². The molecule has 1 aromatic carbocycles. The second-order valence-corrected chi connectivity index (χ2v) is 4.33. The van der Waals surface area contributed by atoms with Gasteiger partial charge in [0, 0.05) is 7.05 Å². The molecule has 0 saturated heterocycles. The normalized spacial score (nSPS) is 14.1. The molecule has 0 fully saturated rings. The van der Waals surface area contributed by atoms with Crippen LogP contribution in [0.5, 0.6) is 0 Å². The first kappa shape index (κ1) is 15.1. The average Bonchev–Trinajstić information content (AvgIpc) is 2.46. The Morgan fingerprint density at radius 2 is 2.11 bits per heavy atom. The summed E-state index contributed by atoms with van der Waals surface area (Å²) < 4.78 is 0. The number of nitrogens with zero attached hydrogens (tertiary/aromatic N) is 2. The minimum Gasteiger partial charge on any atom is -0.386 e. The summed E-state index contributed by atoms with van der Waals surface area (Å²) in [6.45, 7) is 5.74. The zero-order valence-electron chi connectivity index (χ0n) is 11.4. The summed E-state index contributed by atoms with van der Waals surface area (Å²) in [6.07, 6.45) is 2.16. The standard InChI is InChI=1S/C15H20N2O2/c1-4-10-16-11-14(18)17(3)12(2)15(19)13-8-6-5-7-9-13/h4-9,11-12,15,19H,1,10H2,2-3H3/t12-,15+/m0/s1. The molecule has 4 heteroatoms. The molecule has 4 nitrogen and oxygen atoms in total. The highest BCUT2D eigenvalue weighted by Gasteiger charge is 2.22. The molecule has 0 saturated carbocycles. The first-order chi connectivity index (χ1) is 9.07. The van der Waals surface area contributed by atoms with Crippen LogP contribution in [0.2, 0.25) is 0 Å². The van der Waals surface area contributed by atoms with E-state index in [0.717, 1.165) is 5.56 Å². The number of hydrogen-bond acceptors (Lipinski definition) is 3. The van der Waals surface area contributed by atoms with E-state index in [9.17, 15) is 9.90 Å². The van der Waals surface area contributed by atoms with Gasteiger partial charge in [0.05, 0.1) is 24.9 Å². The topological polar surface area (TPSA) is 52.9 Å². The van der Waals surface area contributed by atoms with Crippen molar-refractivity contribution in [2.24, 2.45) is 4.99 Å². The Hall–Kier alpha value is -1.94. The number of benzene rings is 1. The molecule has 0 radical (unpaired) electrons. The summed E-state index contributed by atoms with van der Waals surface area (Å²) in [6, 6.07) is 8.95. The van der Waals surface area contributed by atoms with Gasteiger partial charge in [-0.15, -0.1) is 6.58 Å². The van der Waals surface area contributed by atoms with E-state index in [0.29, 0.717) is 6.54 Å². The van der Waals surface area contributed by atoms with Gasteiger partial charge in [-0.05, 0) is 12.5 Å². The van der Waals surface area contributed by atoms with Gasteiger partial charge in [0.1, 0.15) is 0 Å². The van der Waals surface area contributed by atoms with Gasteiger partial charge in [-0.3, -0.25) is 9.79 Å². The van der Waals surface area contributed by atoms with Gasteiger partial charge in [0.15, 0.2) is 0 Å². The van der Waals surface area contributed by atoms with Crippen molar-refractivity contribution < 1.29 is 9.90 Å². The summed E-state index contributed by atoms with van der Waals surface area (Å²) in [7, 11) is 1.65. The molecule has 102 valence electrons. The summed E-state index contributed by atoms with van der Waals surface area (Å²) >= 11 is 0. The Kier molecular flexibility index (Phi) is 5.96. The Bertz CT molecular complexity index is 443. The Balaban J connectivity index is 2.68. The smallest absolute Gasteiger partial charge is 0.264 e. The molecule has 0 aromatic heterocycles. The minimum absolute atomic E-state index is 0.232. The van der Waals surface area contributed by atoms with Gasteiger partial charge in [-0.1, -0.05) is 36.4 Å². The molecular formula is C15H20N2O2. The van der Waals surface area contributed by atoms with Crippen molar-refractivity contribution in [3.63, 3.8) is 0 Å². The summed E-state index contributed by atoms with van der Waals surface area (Å²) in [4.78, 5) is 17.2. The molecule has 1 amide bonds. The lowest BCUT2D eigenvalue weighted by molar-refractivity contribution is -0.126. The molecule has 2 atom stereocenters. The van der Waals surface area contributed by atoms with E-state index in [2.05, 4.69) is 11.6 Å². The van der Waals surface area contributed by atoms with Gasteiger partial charge in [-0.25, -0.2) is 0 Å². The van der Waals surface area contributed by atoms with Gasteiger partial charge in [0.25, 0.3) is 5.91 Å². The SMILES string of the molecule is C=CCN=CC(=O)N(C)[C@@H](C)[C@@H](O)c1ccccc1. The quantitative estimate of drug-likeness (QED) is 0.626. The van der Waals surface area contributed by atoms with Crippen LogP contribution in [0.3, 0.4) is 0 Å². The van der Waals surface area contributed by atoms with Crippen LogP contribution in [-0.4, -0.2) is 41.8 Å². The van der Waals surface area contributed by atoms with Crippen molar-refractivity contribution >= 4 is 12.1 Å². The zero-order chi connectivity index (χ0) is 14.3. The lowest BCUT2D eigenvalue weighted by Crippen LogP contribution is -2.39. The Morgan fingerprint density at radius 1 is 1.47 bits per heavy atom. The van der Waals surface area contributed by atoms with Crippen molar-refractivity contribution in [2.45, 2.75) is 19.1 Å². The molecule has 0 heterocycles. The van der Waals surface area contributed by atoms with Crippen LogP contribution in [0.15, 0.2) is 48.0 Å². The van der Waals surface area contributed by atoms with Crippen molar-refractivity contribution in [2.75, 3.05) is 13.6 Å². The number of rotatable bonds is 6. The third kappa shape index (κ3) is 4.34. The fraction of sp³-hybridized carbons (Fsp3) is 0.333. The second kappa shape index (κ2) is 7.48. The molecule has 19 heavy (non-hydrogen) atoms. The zero-order valence-corrected chi connectivity index (χ0v) is 11.4. The van der Waals surface area contributed by atoms with Crippen molar-refractivity contribution in [3.8, 4) is 0 Å². The van der Waals surface area contributed by atoms with Gasteiger partial charge in [-0.2, -0.15) is 0 Å². The second-order valence-electron chi connectivity index (χ2n) is 4.33. The molecule has 0 aliphatic carbocycles. The number of likely N-dealkylation sites (N-methyl/N-ethyl adjacent to an activating group) is 1. The lowest BCUT2D eigenvalue weighted by Gasteiger charge is -2.28. The van der Waals surface area contributed by atoms with Gasteiger partial charge >= 0.3 is 0 Å². The fourth-order valence-corrected chi connectivity index (χ4v) is 1.64. The van der Waals surface area contributed by atoms with Gasteiger partial charge < -0.3 is 10.0 Å². The largest absolute Gasteiger partial charge is 0.386 e. The van der Waals surface area contributed by atoms with Crippen LogP contribution in [0, 0.1) is 0 Å². The Morgan fingerprint density at radius 3 is 2.68 bits per heavy atom. The molecule has 1 aromatic rings. The number of aliphatic hydroxyl groups is 1. The maximum absolute atomic E-state index is 11.8. The van der Waals surface area contributed by atoms with Crippen LogP contribution in [-0.2, 0) is 4.79 Å². The van der Waals surface area contributed by atoms with Crippen molar-refractivity contribution in [3.05, 3.63) is 48.6 Å². The summed E-state index contributed by atoms with van der Waals surface area (Å²) in [5.74, 6) is -0.232.